The normalized spacial score (nSPS) is 21.1. The Morgan fingerprint density at radius 3 is 2.56 bits per heavy atom. The minimum Gasteiger partial charge on any atom is -0.353 e. The number of fused-ring (bicyclic) bond motifs is 1. The van der Waals surface area contributed by atoms with Crippen molar-refractivity contribution in [2.75, 3.05) is 0 Å². The molecule has 0 bridgehead atoms. The van der Waals surface area contributed by atoms with Gasteiger partial charge < -0.3 is 9.88 Å². The van der Waals surface area contributed by atoms with Crippen LogP contribution in [0, 0.1) is 5.92 Å². The highest BCUT2D eigenvalue weighted by atomic mass is 16.1. The standard InChI is InChI=1S/C22H30N4O/c27-22(18-10-6-1-2-7-11-18)23-19-12-13-20-24-25-21(26(20)15-14-19)16-17-8-4-3-5-9-17/h3-5,8-9,18-19H,1-2,6-7,10-16H2,(H,23,27). The summed E-state index contributed by atoms with van der Waals surface area (Å²) in [6.45, 7) is 0.889. The van der Waals surface area contributed by atoms with Crippen LogP contribution < -0.4 is 5.32 Å². The van der Waals surface area contributed by atoms with Gasteiger partial charge in [0.05, 0.1) is 0 Å². The lowest BCUT2D eigenvalue weighted by atomic mass is 9.98. The molecule has 1 fully saturated rings. The number of benzene rings is 1. The van der Waals surface area contributed by atoms with Crippen molar-refractivity contribution in [3.63, 3.8) is 0 Å². The average molecular weight is 367 g/mol. The summed E-state index contributed by atoms with van der Waals surface area (Å²) in [5.74, 6) is 2.60. The molecule has 27 heavy (non-hydrogen) atoms. The zero-order valence-electron chi connectivity index (χ0n) is 16.1. The van der Waals surface area contributed by atoms with E-state index in [1.807, 2.05) is 6.07 Å². The van der Waals surface area contributed by atoms with E-state index in [9.17, 15) is 4.79 Å². The van der Waals surface area contributed by atoms with Crippen LogP contribution in [0.5, 0.6) is 0 Å². The van der Waals surface area contributed by atoms with E-state index in [1.165, 1.54) is 31.2 Å². The van der Waals surface area contributed by atoms with E-state index < -0.39 is 0 Å². The minimum absolute atomic E-state index is 0.225. The number of nitrogens with zero attached hydrogens (tertiary/aromatic N) is 3. The van der Waals surface area contributed by atoms with Crippen LogP contribution in [0.4, 0.5) is 0 Å². The van der Waals surface area contributed by atoms with E-state index in [4.69, 9.17) is 0 Å². The van der Waals surface area contributed by atoms with Gasteiger partial charge in [-0.25, -0.2) is 0 Å². The van der Waals surface area contributed by atoms with Crippen molar-refractivity contribution in [1.29, 1.82) is 0 Å². The summed E-state index contributed by atoms with van der Waals surface area (Å²) in [6.07, 6.45) is 10.7. The van der Waals surface area contributed by atoms with Crippen LogP contribution in [-0.2, 0) is 24.2 Å². The van der Waals surface area contributed by atoms with Crippen molar-refractivity contribution in [3.8, 4) is 0 Å². The van der Waals surface area contributed by atoms with Gasteiger partial charge in [-0.15, -0.1) is 10.2 Å². The molecule has 2 heterocycles. The van der Waals surface area contributed by atoms with Crippen molar-refractivity contribution in [1.82, 2.24) is 20.1 Å². The number of aromatic nitrogens is 3. The SMILES string of the molecule is O=C(NC1CCc2nnc(Cc3ccccc3)n2CC1)C1CCCCCC1. The smallest absolute Gasteiger partial charge is 0.223 e. The molecule has 0 radical (unpaired) electrons. The third kappa shape index (κ3) is 4.57. The van der Waals surface area contributed by atoms with Crippen molar-refractivity contribution in [3.05, 3.63) is 47.5 Å². The molecule has 0 spiro atoms. The van der Waals surface area contributed by atoms with E-state index >= 15 is 0 Å². The Morgan fingerprint density at radius 2 is 1.78 bits per heavy atom. The van der Waals surface area contributed by atoms with E-state index in [0.29, 0.717) is 0 Å². The lowest BCUT2D eigenvalue weighted by Gasteiger charge is -2.20. The maximum atomic E-state index is 12.7. The Hall–Kier alpha value is -2.17. The van der Waals surface area contributed by atoms with Gasteiger partial charge in [-0.3, -0.25) is 4.79 Å². The number of rotatable bonds is 4. The molecule has 144 valence electrons. The van der Waals surface area contributed by atoms with Crippen molar-refractivity contribution in [2.24, 2.45) is 5.92 Å². The molecule has 1 amide bonds. The highest BCUT2D eigenvalue weighted by molar-refractivity contribution is 5.78. The second-order valence-corrected chi connectivity index (χ2v) is 8.07. The fourth-order valence-corrected chi connectivity index (χ4v) is 4.46. The summed E-state index contributed by atoms with van der Waals surface area (Å²) in [5.41, 5.74) is 1.26. The highest BCUT2D eigenvalue weighted by Gasteiger charge is 2.25. The van der Waals surface area contributed by atoms with E-state index in [-0.39, 0.29) is 17.9 Å². The van der Waals surface area contributed by atoms with Crippen LogP contribution in [0.1, 0.15) is 68.6 Å². The Bertz CT molecular complexity index is 747. The van der Waals surface area contributed by atoms with Gasteiger partial charge in [-0.2, -0.15) is 0 Å². The van der Waals surface area contributed by atoms with Gasteiger partial charge in [0.2, 0.25) is 5.91 Å². The fraction of sp³-hybridized carbons (Fsp3) is 0.591. The van der Waals surface area contributed by atoms with Crippen LogP contribution in [-0.4, -0.2) is 26.7 Å². The molecule has 1 atom stereocenters. The summed E-state index contributed by atoms with van der Waals surface area (Å²) in [7, 11) is 0. The monoisotopic (exact) mass is 366 g/mol. The first-order chi connectivity index (χ1) is 13.3. The second kappa shape index (κ2) is 8.68. The predicted octanol–water partition coefficient (Wildman–Crippen LogP) is 3.66. The Kier molecular flexibility index (Phi) is 5.85. The molecule has 1 aliphatic carbocycles. The summed E-state index contributed by atoms with van der Waals surface area (Å²) in [5, 5.41) is 12.2. The molecule has 5 nitrogen and oxygen atoms in total. The molecular formula is C22H30N4O. The molecule has 5 heteroatoms. The van der Waals surface area contributed by atoms with Crippen LogP contribution in [0.2, 0.25) is 0 Å². The summed E-state index contributed by atoms with van der Waals surface area (Å²) >= 11 is 0. The zero-order valence-corrected chi connectivity index (χ0v) is 16.1. The Labute approximate surface area is 161 Å². The van der Waals surface area contributed by atoms with Gasteiger partial charge in [0, 0.05) is 31.3 Å². The lowest BCUT2D eigenvalue weighted by molar-refractivity contribution is -0.126. The molecule has 2 aliphatic rings. The van der Waals surface area contributed by atoms with Gasteiger partial charge in [0.15, 0.2) is 0 Å². The minimum atomic E-state index is 0.225. The third-order valence-electron chi connectivity index (χ3n) is 6.10. The van der Waals surface area contributed by atoms with Gasteiger partial charge in [0.1, 0.15) is 11.6 Å². The Balaban J connectivity index is 1.36. The lowest BCUT2D eigenvalue weighted by Crippen LogP contribution is -2.39. The summed E-state index contributed by atoms with van der Waals surface area (Å²) < 4.78 is 2.27. The molecular weight excluding hydrogens is 336 g/mol. The topological polar surface area (TPSA) is 59.8 Å². The highest BCUT2D eigenvalue weighted by Crippen LogP contribution is 2.24. The number of aryl methyl sites for hydroxylation is 1. The average Bonchev–Trinajstić information content (AvgIpc) is 2.88. The van der Waals surface area contributed by atoms with Gasteiger partial charge in [0.25, 0.3) is 0 Å². The molecule has 1 N–H and O–H groups in total. The summed E-state index contributed by atoms with van der Waals surface area (Å²) in [4.78, 5) is 12.7. The maximum absolute atomic E-state index is 12.7. The van der Waals surface area contributed by atoms with Crippen molar-refractivity contribution in [2.45, 2.75) is 76.8 Å². The van der Waals surface area contributed by atoms with Crippen LogP contribution in [0.3, 0.4) is 0 Å². The van der Waals surface area contributed by atoms with Crippen LogP contribution in [0.25, 0.3) is 0 Å². The van der Waals surface area contributed by atoms with E-state index in [0.717, 1.165) is 56.7 Å². The second-order valence-electron chi connectivity index (χ2n) is 8.07. The quantitative estimate of drug-likeness (QED) is 0.840. The molecule has 1 aromatic carbocycles. The number of hydrogen-bond acceptors (Lipinski definition) is 3. The van der Waals surface area contributed by atoms with Gasteiger partial charge in [-0.05, 0) is 31.2 Å². The molecule has 2 aromatic rings. The maximum Gasteiger partial charge on any atom is 0.223 e. The predicted molar refractivity (Wildman–Crippen MR) is 105 cm³/mol. The molecule has 1 aromatic heterocycles. The van der Waals surface area contributed by atoms with Crippen LogP contribution in [0.15, 0.2) is 30.3 Å². The zero-order chi connectivity index (χ0) is 18.5. The summed E-state index contributed by atoms with van der Waals surface area (Å²) in [6, 6.07) is 10.7. The van der Waals surface area contributed by atoms with E-state index in [1.54, 1.807) is 0 Å². The van der Waals surface area contributed by atoms with Crippen LogP contribution >= 0.6 is 0 Å². The molecule has 1 unspecified atom stereocenters. The first-order valence-electron chi connectivity index (χ1n) is 10.5. The van der Waals surface area contributed by atoms with Gasteiger partial charge >= 0.3 is 0 Å². The molecule has 0 saturated heterocycles. The van der Waals surface area contributed by atoms with Crippen molar-refractivity contribution >= 4 is 5.91 Å². The number of carbonyl (C=O) groups excluding carboxylic acids is 1. The van der Waals surface area contributed by atoms with Crippen molar-refractivity contribution < 1.29 is 4.79 Å². The number of amides is 1. The fourth-order valence-electron chi connectivity index (χ4n) is 4.46. The largest absolute Gasteiger partial charge is 0.353 e. The number of nitrogens with one attached hydrogen (secondary N) is 1. The molecule has 1 aliphatic heterocycles. The third-order valence-corrected chi connectivity index (χ3v) is 6.10. The number of hydrogen-bond donors (Lipinski definition) is 1. The van der Waals surface area contributed by atoms with E-state index in [2.05, 4.69) is 44.3 Å². The Morgan fingerprint density at radius 1 is 1.00 bits per heavy atom. The molecule has 1 saturated carbocycles. The molecule has 4 rings (SSSR count). The first-order valence-corrected chi connectivity index (χ1v) is 10.5. The first kappa shape index (κ1) is 18.2. The number of carbonyl (C=O) groups is 1. The van der Waals surface area contributed by atoms with Gasteiger partial charge in [-0.1, -0.05) is 56.0 Å².